The van der Waals surface area contributed by atoms with E-state index in [-0.39, 0.29) is 16.9 Å². The van der Waals surface area contributed by atoms with E-state index < -0.39 is 0 Å². The van der Waals surface area contributed by atoms with Gasteiger partial charge in [0.2, 0.25) is 0 Å². The fourth-order valence-electron chi connectivity index (χ4n) is 0.650. The van der Waals surface area contributed by atoms with Crippen molar-refractivity contribution in [3.8, 4) is 0 Å². The van der Waals surface area contributed by atoms with Gasteiger partial charge in [0, 0.05) is 5.57 Å². The summed E-state index contributed by atoms with van der Waals surface area (Å²) in [5, 5.41) is 0. The highest BCUT2D eigenvalue weighted by molar-refractivity contribution is 9.09. The van der Waals surface area contributed by atoms with Crippen molar-refractivity contribution >= 4 is 21.9 Å². The Labute approximate surface area is 79.9 Å². The lowest BCUT2D eigenvalue weighted by atomic mass is 10.3. The van der Waals surface area contributed by atoms with E-state index in [1.54, 1.807) is 6.92 Å². The molecule has 1 aliphatic rings. The second kappa shape index (κ2) is 4.05. The summed E-state index contributed by atoms with van der Waals surface area (Å²) in [6, 6.07) is 0. The molecule has 4 heteroatoms. The molecule has 2 atom stereocenters. The number of epoxide rings is 1. The molecule has 0 radical (unpaired) electrons. The maximum Gasteiger partial charge on any atom is 0.333 e. The fourth-order valence-corrected chi connectivity index (χ4v) is 1.09. The van der Waals surface area contributed by atoms with Crippen molar-refractivity contribution in [2.75, 3.05) is 13.2 Å². The van der Waals surface area contributed by atoms with Crippen molar-refractivity contribution < 1.29 is 14.3 Å². The molecule has 12 heavy (non-hydrogen) atoms. The minimum atomic E-state index is -0.347. The van der Waals surface area contributed by atoms with Gasteiger partial charge >= 0.3 is 5.97 Å². The predicted molar refractivity (Wildman–Crippen MR) is 48.2 cm³/mol. The van der Waals surface area contributed by atoms with Gasteiger partial charge in [0.1, 0.15) is 6.61 Å². The average Bonchev–Trinajstić information content (AvgIpc) is 2.81. The first kappa shape index (κ1) is 9.74. The van der Waals surface area contributed by atoms with Gasteiger partial charge in [0.05, 0.1) is 17.5 Å². The highest BCUT2D eigenvalue weighted by atomic mass is 79.9. The first-order chi connectivity index (χ1) is 5.61. The molecular formula is C8H11BrO3. The van der Waals surface area contributed by atoms with Crippen molar-refractivity contribution in [3.05, 3.63) is 12.2 Å². The number of carbonyl (C=O) groups excluding carboxylic acids is 1. The van der Waals surface area contributed by atoms with Crippen LogP contribution in [-0.4, -0.2) is 30.1 Å². The smallest absolute Gasteiger partial charge is 0.333 e. The summed E-state index contributed by atoms with van der Waals surface area (Å²) < 4.78 is 9.90. The van der Waals surface area contributed by atoms with Gasteiger partial charge in [0.15, 0.2) is 0 Å². The van der Waals surface area contributed by atoms with Crippen LogP contribution in [0.25, 0.3) is 0 Å². The van der Waals surface area contributed by atoms with E-state index in [4.69, 9.17) is 9.47 Å². The van der Waals surface area contributed by atoms with Crippen LogP contribution in [0.1, 0.15) is 6.92 Å². The summed E-state index contributed by atoms with van der Waals surface area (Å²) >= 11 is 3.35. The standard InChI is InChI=1S/C8H11BrO3/c1-5(2)8(10)12-3-6(9)7-4-11-7/h6-7H,1,3-4H2,2H3. The molecule has 0 aromatic rings. The fraction of sp³-hybridized carbons (Fsp3) is 0.625. The Morgan fingerprint density at radius 1 is 1.92 bits per heavy atom. The van der Waals surface area contributed by atoms with Crippen LogP contribution in [0, 0.1) is 0 Å². The largest absolute Gasteiger partial charge is 0.461 e. The first-order valence-corrected chi connectivity index (χ1v) is 4.61. The van der Waals surface area contributed by atoms with Crippen LogP contribution in [0.2, 0.25) is 0 Å². The third-order valence-electron chi connectivity index (χ3n) is 1.48. The van der Waals surface area contributed by atoms with Crippen LogP contribution in [0.15, 0.2) is 12.2 Å². The number of carbonyl (C=O) groups is 1. The van der Waals surface area contributed by atoms with Gasteiger partial charge in [-0.15, -0.1) is 0 Å². The second-order valence-corrected chi connectivity index (χ2v) is 3.94. The minimum Gasteiger partial charge on any atom is -0.461 e. The monoisotopic (exact) mass is 234 g/mol. The molecule has 0 aromatic carbocycles. The molecule has 0 N–H and O–H groups in total. The van der Waals surface area contributed by atoms with Crippen molar-refractivity contribution in [1.29, 1.82) is 0 Å². The van der Waals surface area contributed by atoms with E-state index in [1.807, 2.05) is 0 Å². The van der Waals surface area contributed by atoms with Crippen LogP contribution in [0.4, 0.5) is 0 Å². The Balaban J connectivity index is 2.15. The molecule has 1 aliphatic heterocycles. The van der Waals surface area contributed by atoms with Crippen LogP contribution in [0.5, 0.6) is 0 Å². The first-order valence-electron chi connectivity index (χ1n) is 3.69. The Hall–Kier alpha value is -0.350. The molecule has 68 valence electrons. The Bertz CT molecular complexity index is 198. The van der Waals surface area contributed by atoms with Crippen molar-refractivity contribution in [2.24, 2.45) is 0 Å². The van der Waals surface area contributed by atoms with E-state index in [1.165, 1.54) is 0 Å². The highest BCUT2D eigenvalue weighted by Crippen LogP contribution is 2.20. The minimum absolute atomic E-state index is 0.112. The van der Waals surface area contributed by atoms with Crippen LogP contribution in [0.3, 0.4) is 0 Å². The van der Waals surface area contributed by atoms with E-state index in [0.29, 0.717) is 12.2 Å². The van der Waals surface area contributed by atoms with E-state index >= 15 is 0 Å². The van der Waals surface area contributed by atoms with Gasteiger partial charge in [-0.2, -0.15) is 0 Å². The Kier molecular flexibility index (Phi) is 3.29. The zero-order valence-electron chi connectivity index (χ0n) is 6.88. The SMILES string of the molecule is C=C(C)C(=O)OCC(Br)C1CO1. The van der Waals surface area contributed by atoms with Crippen LogP contribution in [-0.2, 0) is 14.3 Å². The van der Waals surface area contributed by atoms with Gasteiger partial charge in [-0.25, -0.2) is 4.79 Å². The molecule has 0 aliphatic carbocycles. The molecule has 0 amide bonds. The van der Waals surface area contributed by atoms with Crippen LogP contribution < -0.4 is 0 Å². The van der Waals surface area contributed by atoms with Crippen molar-refractivity contribution in [1.82, 2.24) is 0 Å². The summed E-state index contributed by atoms with van der Waals surface area (Å²) in [6.07, 6.45) is 0.211. The molecule has 2 unspecified atom stereocenters. The van der Waals surface area contributed by atoms with Crippen molar-refractivity contribution in [3.63, 3.8) is 0 Å². The number of esters is 1. The topological polar surface area (TPSA) is 38.8 Å². The normalized spacial score (nSPS) is 23.0. The van der Waals surface area contributed by atoms with Crippen LogP contribution >= 0.6 is 15.9 Å². The Morgan fingerprint density at radius 2 is 2.50 bits per heavy atom. The summed E-state index contributed by atoms with van der Waals surface area (Å²) in [5.41, 5.74) is 0.423. The quantitative estimate of drug-likeness (QED) is 0.319. The van der Waals surface area contributed by atoms with Gasteiger partial charge in [-0.3, -0.25) is 0 Å². The third kappa shape index (κ3) is 2.95. The highest BCUT2D eigenvalue weighted by Gasteiger charge is 2.31. The molecule has 0 bridgehead atoms. The molecule has 1 fully saturated rings. The van der Waals surface area contributed by atoms with Gasteiger partial charge in [-0.05, 0) is 6.92 Å². The lowest BCUT2D eigenvalue weighted by Crippen LogP contribution is -2.18. The maximum absolute atomic E-state index is 10.9. The molecule has 1 heterocycles. The summed E-state index contributed by atoms with van der Waals surface area (Å²) in [7, 11) is 0. The van der Waals surface area contributed by atoms with Gasteiger partial charge in [0.25, 0.3) is 0 Å². The summed E-state index contributed by atoms with van der Waals surface area (Å²) in [4.78, 5) is 11.0. The summed E-state index contributed by atoms with van der Waals surface area (Å²) in [5.74, 6) is -0.347. The zero-order chi connectivity index (χ0) is 9.14. The molecule has 1 saturated heterocycles. The second-order valence-electron chi connectivity index (χ2n) is 2.77. The lowest BCUT2D eigenvalue weighted by molar-refractivity contribution is -0.138. The molecule has 0 spiro atoms. The third-order valence-corrected chi connectivity index (χ3v) is 2.34. The number of ether oxygens (including phenoxy) is 2. The lowest BCUT2D eigenvalue weighted by Gasteiger charge is -2.07. The Morgan fingerprint density at radius 3 is 2.92 bits per heavy atom. The molecule has 1 rings (SSSR count). The molecule has 0 saturated carbocycles. The molecular weight excluding hydrogens is 224 g/mol. The predicted octanol–water partition coefficient (Wildman–Crippen LogP) is 1.27. The van der Waals surface area contributed by atoms with Crippen molar-refractivity contribution in [2.45, 2.75) is 17.9 Å². The number of rotatable bonds is 4. The summed E-state index contributed by atoms with van der Waals surface area (Å²) in [6.45, 7) is 6.19. The number of halogens is 1. The number of alkyl halides is 1. The molecule has 0 aromatic heterocycles. The zero-order valence-corrected chi connectivity index (χ0v) is 8.46. The number of hydrogen-bond donors (Lipinski definition) is 0. The van der Waals surface area contributed by atoms with E-state index in [0.717, 1.165) is 6.61 Å². The average molecular weight is 235 g/mol. The molecule has 3 nitrogen and oxygen atoms in total. The van der Waals surface area contributed by atoms with E-state index in [9.17, 15) is 4.79 Å². The van der Waals surface area contributed by atoms with Gasteiger partial charge < -0.3 is 9.47 Å². The maximum atomic E-state index is 10.9. The number of hydrogen-bond acceptors (Lipinski definition) is 3. The van der Waals surface area contributed by atoms with Gasteiger partial charge in [-0.1, -0.05) is 22.5 Å². The van der Waals surface area contributed by atoms with E-state index in [2.05, 4.69) is 22.5 Å².